The van der Waals surface area contributed by atoms with E-state index >= 15 is 0 Å². The van der Waals surface area contributed by atoms with Gasteiger partial charge in [0.1, 0.15) is 0 Å². The molecule has 2 heterocycles. The molecule has 1 aromatic heterocycles. The minimum atomic E-state index is -0.473. The topological polar surface area (TPSA) is 60.9 Å². The average molecular weight is 459 g/mol. The van der Waals surface area contributed by atoms with Gasteiger partial charge >= 0.3 is 5.97 Å². The molecule has 0 radical (unpaired) electrons. The second kappa shape index (κ2) is 8.64. The zero-order valence-corrected chi connectivity index (χ0v) is 19.1. The summed E-state index contributed by atoms with van der Waals surface area (Å²) in [6, 6.07) is 23.6. The van der Waals surface area contributed by atoms with E-state index in [1.54, 1.807) is 6.92 Å². The Bertz CT molecular complexity index is 1330. The molecule has 4 aromatic rings. The number of aromatic nitrogens is 1. The van der Waals surface area contributed by atoms with Crippen LogP contribution in [-0.2, 0) is 9.53 Å². The molecule has 1 N–H and O–H groups in total. The molecule has 0 saturated heterocycles. The van der Waals surface area contributed by atoms with E-state index in [2.05, 4.69) is 11.1 Å². The number of benzene rings is 3. The number of nitrogens with zero attached hydrogens (tertiary/aromatic N) is 3. The Morgan fingerprint density at radius 3 is 2.45 bits per heavy atom. The number of para-hydroxylation sites is 1. The minimum absolute atomic E-state index is 0.228. The number of halogens is 1. The van der Waals surface area contributed by atoms with E-state index in [1.807, 2.05) is 89.8 Å². The Kier molecular flexibility index (Phi) is 5.52. The Labute approximate surface area is 197 Å². The second-order valence-corrected chi connectivity index (χ2v) is 8.27. The predicted octanol–water partition coefficient (Wildman–Crippen LogP) is 6.03. The smallest absolute Gasteiger partial charge is 0.376 e. The summed E-state index contributed by atoms with van der Waals surface area (Å²) in [5, 5.41) is 8.31. The number of H-pyrrole nitrogens is 1. The number of rotatable bonds is 5. The lowest BCUT2D eigenvalue weighted by molar-refractivity contribution is -0.135. The van der Waals surface area contributed by atoms with E-state index in [0.717, 1.165) is 33.4 Å². The van der Waals surface area contributed by atoms with E-state index < -0.39 is 12.1 Å². The number of carbonyl (C=O) groups excluding carboxylic acids is 1. The van der Waals surface area contributed by atoms with E-state index in [4.69, 9.17) is 21.4 Å². The molecule has 1 aliphatic heterocycles. The molecule has 0 aliphatic carbocycles. The largest absolute Gasteiger partial charge is 0.460 e. The fourth-order valence-corrected chi connectivity index (χ4v) is 4.23. The van der Waals surface area contributed by atoms with Gasteiger partial charge in [0, 0.05) is 33.4 Å². The van der Waals surface area contributed by atoms with Gasteiger partial charge in [-0.15, -0.1) is 5.10 Å². The van der Waals surface area contributed by atoms with Crippen molar-refractivity contribution in [1.82, 2.24) is 4.98 Å². The first-order chi connectivity index (χ1) is 16.1. The maximum atomic E-state index is 13.1. The van der Waals surface area contributed by atoms with E-state index in [9.17, 15) is 4.79 Å². The van der Waals surface area contributed by atoms with Gasteiger partial charge in [-0.1, -0.05) is 47.5 Å². The first-order valence-corrected chi connectivity index (χ1v) is 11.2. The number of hydrazone groups is 1. The summed E-state index contributed by atoms with van der Waals surface area (Å²) in [6.07, 6.45) is 1.56. The third-order valence-corrected chi connectivity index (χ3v) is 5.92. The van der Waals surface area contributed by atoms with Crippen LogP contribution in [0.25, 0.3) is 10.9 Å². The molecule has 1 unspecified atom stereocenters. The number of amidine groups is 1. The van der Waals surface area contributed by atoms with Crippen molar-refractivity contribution in [3.63, 3.8) is 0 Å². The third-order valence-electron chi connectivity index (χ3n) is 5.67. The van der Waals surface area contributed by atoms with Gasteiger partial charge in [-0.2, -0.15) is 0 Å². The van der Waals surface area contributed by atoms with Gasteiger partial charge in [0.05, 0.1) is 12.3 Å². The molecule has 0 bridgehead atoms. The van der Waals surface area contributed by atoms with Gasteiger partial charge in [0.15, 0.2) is 6.17 Å². The number of aryl methyl sites for hydroxylation is 1. The predicted molar refractivity (Wildman–Crippen MR) is 133 cm³/mol. The molecule has 5 rings (SSSR count). The zero-order valence-electron chi connectivity index (χ0n) is 18.3. The molecular weight excluding hydrogens is 436 g/mol. The Morgan fingerprint density at radius 2 is 1.73 bits per heavy atom. The number of hydrogen-bond donors (Lipinski definition) is 1. The van der Waals surface area contributed by atoms with E-state index in [-0.39, 0.29) is 12.4 Å². The van der Waals surface area contributed by atoms with Gasteiger partial charge in [-0.05, 0) is 56.3 Å². The number of hydrogen-bond acceptors (Lipinski definition) is 5. The van der Waals surface area contributed by atoms with Crippen molar-refractivity contribution in [1.29, 1.82) is 0 Å². The summed E-state index contributed by atoms with van der Waals surface area (Å²) >= 11 is 6.15. The van der Waals surface area contributed by atoms with Crippen molar-refractivity contribution < 1.29 is 9.53 Å². The van der Waals surface area contributed by atoms with Crippen LogP contribution in [0.15, 0.2) is 84.1 Å². The average Bonchev–Trinajstić information content (AvgIpc) is 3.42. The van der Waals surface area contributed by atoms with Crippen LogP contribution in [0.4, 0.5) is 11.4 Å². The van der Waals surface area contributed by atoms with Gasteiger partial charge in [0.25, 0.3) is 0 Å². The van der Waals surface area contributed by atoms with Crippen LogP contribution in [0.1, 0.15) is 24.2 Å². The molecule has 166 valence electrons. The number of fused-ring (bicyclic) bond motifs is 1. The highest BCUT2D eigenvalue weighted by Crippen LogP contribution is 2.41. The van der Waals surface area contributed by atoms with Gasteiger partial charge in [-0.3, -0.25) is 4.90 Å². The maximum Gasteiger partial charge on any atom is 0.376 e. The molecule has 7 heteroatoms. The van der Waals surface area contributed by atoms with Crippen LogP contribution in [0, 0.1) is 6.92 Å². The minimum Gasteiger partial charge on any atom is -0.460 e. The monoisotopic (exact) mass is 458 g/mol. The molecule has 0 fully saturated rings. The molecule has 33 heavy (non-hydrogen) atoms. The third kappa shape index (κ3) is 3.83. The lowest BCUT2D eigenvalue weighted by Crippen LogP contribution is -2.39. The number of esters is 1. The van der Waals surface area contributed by atoms with Crippen LogP contribution in [0.3, 0.4) is 0 Å². The van der Waals surface area contributed by atoms with Gasteiger partial charge < -0.3 is 9.72 Å². The fraction of sp³-hybridized carbons (Fsp3) is 0.154. The molecule has 0 spiro atoms. The van der Waals surface area contributed by atoms with Crippen molar-refractivity contribution in [2.75, 3.05) is 16.5 Å². The molecule has 3 aromatic carbocycles. The summed E-state index contributed by atoms with van der Waals surface area (Å²) < 4.78 is 5.39. The highest BCUT2D eigenvalue weighted by molar-refractivity contribution is 6.42. The van der Waals surface area contributed by atoms with Crippen molar-refractivity contribution in [3.8, 4) is 0 Å². The molecule has 0 amide bonds. The highest BCUT2D eigenvalue weighted by atomic mass is 35.5. The van der Waals surface area contributed by atoms with Crippen LogP contribution < -0.4 is 9.91 Å². The van der Waals surface area contributed by atoms with Crippen LogP contribution in [0.5, 0.6) is 0 Å². The molecule has 1 aliphatic rings. The first kappa shape index (κ1) is 21.1. The Balaban J connectivity index is 1.73. The molecule has 1 atom stereocenters. The Hall–Kier alpha value is -3.77. The highest BCUT2D eigenvalue weighted by Gasteiger charge is 2.42. The SMILES string of the molecule is CCOC(=O)C1=NN(c2ccc(Cl)cc2)C(c2c[nH]c3ccccc23)N1c1ccc(C)cc1. The molecule has 0 saturated carbocycles. The summed E-state index contributed by atoms with van der Waals surface area (Å²) in [4.78, 5) is 18.3. The first-order valence-electron chi connectivity index (χ1n) is 10.8. The summed E-state index contributed by atoms with van der Waals surface area (Å²) in [5.41, 5.74) is 4.79. The number of aromatic amines is 1. The van der Waals surface area contributed by atoms with Gasteiger partial charge in [-0.25, -0.2) is 9.80 Å². The lowest BCUT2D eigenvalue weighted by Gasteiger charge is -2.31. The van der Waals surface area contributed by atoms with Crippen molar-refractivity contribution >= 4 is 45.7 Å². The summed E-state index contributed by atoms with van der Waals surface area (Å²) in [6.45, 7) is 4.08. The van der Waals surface area contributed by atoms with Crippen LogP contribution in [-0.4, -0.2) is 23.4 Å². The fourth-order valence-electron chi connectivity index (χ4n) is 4.10. The Morgan fingerprint density at radius 1 is 1.03 bits per heavy atom. The molecule has 6 nitrogen and oxygen atoms in total. The number of carbonyl (C=O) groups is 1. The van der Waals surface area contributed by atoms with Crippen molar-refractivity contribution in [2.24, 2.45) is 5.10 Å². The lowest BCUT2D eigenvalue weighted by atomic mass is 10.1. The quantitative estimate of drug-likeness (QED) is 0.371. The second-order valence-electron chi connectivity index (χ2n) is 7.83. The van der Waals surface area contributed by atoms with Crippen molar-refractivity contribution in [3.05, 3.63) is 95.1 Å². The van der Waals surface area contributed by atoms with E-state index in [1.165, 1.54) is 0 Å². The zero-order chi connectivity index (χ0) is 22.9. The number of anilines is 2. The number of ether oxygens (including phenoxy) is 1. The summed E-state index contributed by atoms with van der Waals surface area (Å²) in [5.74, 6) is -0.245. The maximum absolute atomic E-state index is 13.1. The summed E-state index contributed by atoms with van der Waals surface area (Å²) in [7, 11) is 0. The number of nitrogens with one attached hydrogen (secondary N) is 1. The van der Waals surface area contributed by atoms with E-state index in [0.29, 0.717) is 5.02 Å². The van der Waals surface area contributed by atoms with Crippen LogP contribution in [0.2, 0.25) is 5.02 Å². The van der Waals surface area contributed by atoms with Crippen molar-refractivity contribution in [2.45, 2.75) is 20.0 Å². The molecular formula is C26H23ClN4O2. The van der Waals surface area contributed by atoms with Crippen LogP contribution >= 0.6 is 11.6 Å². The standard InChI is InChI=1S/C26H23ClN4O2/c1-3-33-26(32)24-29-31(20-14-10-18(27)11-15-20)25(30(24)19-12-8-17(2)9-13-19)22-16-28-23-7-5-4-6-21(22)23/h4-16,25,28H,3H2,1-2H3. The normalized spacial score (nSPS) is 15.7. The van der Waals surface area contributed by atoms with Gasteiger partial charge in [0.2, 0.25) is 5.84 Å².